The number of nitrogens with zero attached hydrogens (tertiary/aromatic N) is 1. The molecular weight excluding hydrogens is 350 g/mol. The fourth-order valence-corrected chi connectivity index (χ4v) is 3.36. The Morgan fingerprint density at radius 1 is 1.00 bits per heavy atom. The van der Waals surface area contributed by atoms with Crippen LogP contribution in [0.25, 0.3) is 0 Å². The van der Waals surface area contributed by atoms with E-state index < -0.39 is 0 Å². The summed E-state index contributed by atoms with van der Waals surface area (Å²) in [6.07, 6.45) is 2.12. The lowest BCUT2D eigenvalue weighted by atomic mass is 9.98. The largest absolute Gasteiger partial charge is 0.376 e. The second kappa shape index (κ2) is 8.91. The molecule has 1 aliphatic heterocycles. The van der Waals surface area contributed by atoms with Crippen LogP contribution in [0.1, 0.15) is 41.3 Å². The smallest absolute Gasteiger partial charge is 0.253 e. The van der Waals surface area contributed by atoms with E-state index in [1.54, 1.807) is 0 Å². The Bertz CT molecular complexity index is 855. The van der Waals surface area contributed by atoms with Crippen molar-refractivity contribution in [1.82, 2.24) is 4.90 Å². The molecule has 5 heteroatoms. The first kappa shape index (κ1) is 19.9. The molecule has 1 aliphatic rings. The molecule has 0 radical (unpaired) electrons. The van der Waals surface area contributed by atoms with E-state index in [4.69, 9.17) is 0 Å². The van der Waals surface area contributed by atoms with Crippen LogP contribution < -0.4 is 10.6 Å². The Kier molecular flexibility index (Phi) is 6.34. The van der Waals surface area contributed by atoms with Crippen LogP contribution in [0, 0.1) is 19.8 Å². The summed E-state index contributed by atoms with van der Waals surface area (Å²) in [4.78, 5) is 26.9. The number of anilines is 2. The highest BCUT2D eigenvalue weighted by Crippen LogP contribution is 2.20. The molecule has 0 aliphatic carbocycles. The number of carbonyl (C=O) groups is 2. The van der Waals surface area contributed by atoms with E-state index in [1.165, 1.54) is 5.56 Å². The van der Waals surface area contributed by atoms with Gasteiger partial charge >= 0.3 is 0 Å². The van der Waals surface area contributed by atoms with Crippen molar-refractivity contribution in [1.29, 1.82) is 0 Å². The zero-order chi connectivity index (χ0) is 20.1. The molecular formula is C23H29N3O2. The maximum absolute atomic E-state index is 12.7. The predicted molar refractivity (Wildman–Crippen MR) is 114 cm³/mol. The number of piperidine rings is 1. The number of hydrogen-bond donors (Lipinski definition) is 2. The van der Waals surface area contributed by atoms with Gasteiger partial charge in [-0.25, -0.2) is 0 Å². The molecule has 2 amide bonds. The van der Waals surface area contributed by atoms with Gasteiger partial charge < -0.3 is 15.5 Å². The summed E-state index contributed by atoms with van der Waals surface area (Å²) in [5, 5.41) is 6.01. The van der Waals surface area contributed by atoms with Gasteiger partial charge in [-0.15, -0.1) is 0 Å². The summed E-state index contributed by atoms with van der Waals surface area (Å²) in [6.45, 7) is 8.07. The Morgan fingerprint density at radius 2 is 1.75 bits per heavy atom. The molecule has 3 rings (SSSR count). The lowest BCUT2D eigenvalue weighted by molar-refractivity contribution is -0.114. The summed E-state index contributed by atoms with van der Waals surface area (Å²) < 4.78 is 0. The number of rotatable bonds is 5. The quantitative estimate of drug-likeness (QED) is 0.817. The van der Waals surface area contributed by atoms with E-state index in [0.717, 1.165) is 42.9 Å². The van der Waals surface area contributed by atoms with Crippen molar-refractivity contribution in [3.05, 3.63) is 59.2 Å². The second-order valence-electron chi connectivity index (χ2n) is 7.76. The maximum atomic E-state index is 12.7. The number of carbonyl (C=O) groups excluding carboxylic acids is 2. The van der Waals surface area contributed by atoms with Crippen LogP contribution in [0.4, 0.5) is 11.4 Å². The van der Waals surface area contributed by atoms with Gasteiger partial charge in [-0.05, 0) is 74.1 Å². The van der Waals surface area contributed by atoms with Gasteiger partial charge in [0.15, 0.2) is 0 Å². The first-order valence-corrected chi connectivity index (χ1v) is 9.92. The fourth-order valence-electron chi connectivity index (χ4n) is 3.36. The van der Waals surface area contributed by atoms with Gasteiger partial charge in [0.05, 0.1) is 6.54 Å². The number of hydrogen-bond acceptors (Lipinski definition) is 3. The molecule has 2 aromatic rings. The third-order valence-corrected chi connectivity index (χ3v) is 5.42. The SMILES string of the molecule is Cc1ccc(NC(=O)CNc2cccc(C(=O)N3CCC(C)CC3)c2)cc1C. The lowest BCUT2D eigenvalue weighted by Gasteiger charge is -2.30. The van der Waals surface area contributed by atoms with Gasteiger partial charge in [-0.1, -0.05) is 19.1 Å². The summed E-state index contributed by atoms with van der Waals surface area (Å²) in [6, 6.07) is 13.2. The van der Waals surface area contributed by atoms with E-state index in [1.807, 2.05) is 61.2 Å². The molecule has 2 aromatic carbocycles. The Labute approximate surface area is 167 Å². The Hall–Kier alpha value is -2.82. The highest BCUT2D eigenvalue weighted by Gasteiger charge is 2.21. The first-order chi connectivity index (χ1) is 13.4. The van der Waals surface area contributed by atoms with Gasteiger partial charge in [-0.2, -0.15) is 0 Å². The molecule has 0 unspecified atom stereocenters. The lowest BCUT2D eigenvalue weighted by Crippen LogP contribution is -2.37. The van der Waals surface area contributed by atoms with Crippen molar-refractivity contribution in [3.63, 3.8) is 0 Å². The van der Waals surface area contributed by atoms with Crippen LogP contribution in [0.2, 0.25) is 0 Å². The van der Waals surface area contributed by atoms with E-state index >= 15 is 0 Å². The molecule has 5 nitrogen and oxygen atoms in total. The van der Waals surface area contributed by atoms with Crippen LogP contribution in [-0.4, -0.2) is 36.3 Å². The van der Waals surface area contributed by atoms with Crippen LogP contribution in [-0.2, 0) is 4.79 Å². The summed E-state index contributed by atoms with van der Waals surface area (Å²) in [5.74, 6) is 0.632. The number of aryl methyl sites for hydroxylation is 2. The fraction of sp³-hybridized carbons (Fsp3) is 0.391. The average Bonchev–Trinajstić information content (AvgIpc) is 2.69. The molecule has 1 heterocycles. The highest BCUT2D eigenvalue weighted by atomic mass is 16.2. The normalized spacial score (nSPS) is 14.6. The van der Waals surface area contributed by atoms with Gasteiger partial charge in [0.1, 0.15) is 0 Å². The van der Waals surface area contributed by atoms with Gasteiger partial charge in [0, 0.05) is 30.0 Å². The predicted octanol–water partition coefficient (Wildman–Crippen LogP) is 4.23. The van der Waals surface area contributed by atoms with Gasteiger partial charge in [-0.3, -0.25) is 9.59 Å². The van der Waals surface area contributed by atoms with Gasteiger partial charge in [0.2, 0.25) is 5.91 Å². The van der Waals surface area contributed by atoms with Crippen LogP contribution >= 0.6 is 0 Å². The third-order valence-electron chi connectivity index (χ3n) is 5.42. The van der Waals surface area contributed by atoms with Gasteiger partial charge in [0.25, 0.3) is 5.91 Å². The van der Waals surface area contributed by atoms with E-state index in [-0.39, 0.29) is 18.4 Å². The summed E-state index contributed by atoms with van der Waals surface area (Å²) in [7, 11) is 0. The molecule has 28 heavy (non-hydrogen) atoms. The molecule has 0 aromatic heterocycles. The molecule has 0 spiro atoms. The van der Waals surface area contributed by atoms with E-state index in [2.05, 4.69) is 17.6 Å². The zero-order valence-electron chi connectivity index (χ0n) is 16.9. The van der Waals surface area contributed by atoms with Crippen molar-refractivity contribution in [2.24, 2.45) is 5.92 Å². The van der Waals surface area contributed by atoms with Crippen molar-refractivity contribution in [2.75, 3.05) is 30.3 Å². The molecule has 1 saturated heterocycles. The Morgan fingerprint density at radius 3 is 2.46 bits per heavy atom. The monoisotopic (exact) mass is 379 g/mol. The Balaban J connectivity index is 1.56. The van der Waals surface area contributed by atoms with Crippen LogP contribution in [0.5, 0.6) is 0 Å². The third kappa shape index (κ3) is 5.12. The minimum Gasteiger partial charge on any atom is -0.376 e. The van der Waals surface area contributed by atoms with E-state index in [0.29, 0.717) is 11.5 Å². The number of benzene rings is 2. The second-order valence-corrected chi connectivity index (χ2v) is 7.76. The molecule has 0 bridgehead atoms. The average molecular weight is 380 g/mol. The first-order valence-electron chi connectivity index (χ1n) is 9.92. The van der Waals surface area contributed by atoms with Crippen LogP contribution in [0.15, 0.2) is 42.5 Å². The van der Waals surface area contributed by atoms with Crippen molar-refractivity contribution >= 4 is 23.2 Å². The minimum atomic E-state index is -0.120. The molecule has 0 saturated carbocycles. The minimum absolute atomic E-state index is 0.0649. The van der Waals surface area contributed by atoms with E-state index in [9.17, 15) is 9.59 Å². The topological polar surface area (TPSA) is 61.4 Å². The standard InChI is InChI=1S/C23H29N3O2/c1-16-9-11-26(12-10-16)23(28)19-5-4-6-20(14-19)24-15-22(27)25-21-8-7-17(2)18(3)13-21/h4-8,13-14,16,24H,9-12,15H2,1-3H3,(H,25,27). The molecule has 0 atom stereocenters. The van der Waals surface area contributed by atoms with Crippen molar-refractivity contribution < 1.29 is 9.59 Å². The van der Waals surface area contributed by atoms with Crippen molar-refractivity contribution in [3.8, 4) is 0 Å². The summed E-state index contributed by atoms with van der Waals surface area (Å²) in [5.41, 5.74) is 4.56. The number of amides is 2. The highest BCUT2D eigenvalue weighted by molar-refractivity contribution is 5.96. The molecule has 1 fully saturated rings. The molecule has 148 valence electrons. The maximum Gasteiger partial charge on any atom is 0.253 e. The van der Waals surface area contributed by atoms with Crippen molar-refractivity contribution in [2.45, 2.75) is 33.6 Å². The molecule has 2 N–H and O–H groups in total. The number of nitrogens with one attached hydrogen (secondary N) is 2. The van der Waals surface area contributed by atoms with Crippen LogP contribution in [0.3, 0.4) is 0 Å². The zero-order valence-corrected chi connectivity index (χ0v) is 16.9. The summed E-state index contributed by atoms with van der Waals surface area (Å²) >= 11 is 0. The number of likely N-dealkylation sites (tertiary alicyclic amines) is 1.